The Hall–Kier alpha value is -1.57. The van der Waals surface area contributed by atoms with Crippen molar-refractivity contribution in [3.8, 4) is 0 Å². The van der Waals surface area contributed by atoms with Crippen LogP contribution in [0.1, 0.15) is 28.9 Å². The van der Waals surface area contributed by atoms with Crippen LogP contribution in [0.15, 0.2) is 12.5 Å². The molecule has 3 N–H and O–H groups in total. The molecule has 0 unspecified atom stereocenters. The lowest BCUT2D eigenvalue weighted by molar-refractivity contribution is -0.0617. The third-order valence-electron chi connectivity index (χ3n) is 3.20. The van der Waals surface area contributed by atoms with Crippen molar-refractivity contribution in [3.05, 3.63) is 23.8 Å². The Morgan fingerprint density at radius 1 is 1.47 bits per heavy atom. The zero-order chi connectivity index (χ0) is 13.7. The molecule has 0 atom stereocenters. The van der Waals surface area contributed by atoms with Crippen LogP contribution < -0.4 is 5.32 Å². The minimum Gasteiger partial charge on any atom is -0.478 e. The van der Waals surface area contributed by atoms with Gasteiger partial charge in [0.25, 0.3) is 0 Å². The van der Waals surface area contributed by atoms with Crippen molar-refractivity contribution in [1.82, 2.24) is 15.3 Å². The number of hydrogen-bond acceptors (Lipinski definition) is 6. The van der Waals surface area contributed by atoms with E-state index in [2.05, 4.69) is 15.3 Å². The van der Waals surface area contributed by atoms with Crippen molar-refractivity contribution in [3.63, 3.8) is 0 Å². The molecule has 1 fully saturated rings. The average Bonchev–Trinajstić information content (AvgIpc) is 2.40. The number of hydrogen-bond donors (Lipinski definition) is 3. The van der Waals surface area contributed by atoms with E-state index >= 15 is 0 Å². The van der Waals surface area contributed by atoms with Crippen LogP contribution in [0, 0.1) is 0 Å². The van der Waals surface area contributed by atoms with E-state index in [-0.39, 0.29) is 12.1 Å². The van der Waals surface area contributed by atoms with Crippen LogP contribution in [0.3, 0.4) is 0 Å². The minimum atomic E-state index is -1.05. The highest BCUT2D eigenvalue weighted by Crippen LogP contribution is 2.19. The van der Waals surface area contributed by atoms with E-state index in [1.807, 2.05) is 0 Å². The molecule has 1 aliphatic heterocycles. The fourth-order valence-corrected chi connectivity index (χ4v) is 2.02. The molecule has 1 aromatic heterocycles. The largest absolute Gasteiger partial charge is 0.478 e. The standard InChI is InChI=1S/C12H17N3O4/c16-11(17)9-5-14-8-15-10(9)6-13-7-12(18)1-3-19-4-2-12/h5,8,13,18H,1-4,6-7H2,(H,16,17). The first-order valence-electron chi connectivity index (χ1n) is 6.14. The van der Waals surface area contributed by atoms with Gasteiger partial charge in [-0.25, -0.2) is 14.8 Å². The second-order valence-electron chi connectivity index (χ2n) is 4.63. The summed E-state index contributed by atoms with van der Waals surface area (Å²) in [6, 6.07) is 0. The first-order valence-corrected chi connectivity index (χ1v) is 6.14. The van der Waals surface area contributed by atoms with Gasteiger partial charge in [0.2, 0.25) is 0 Å². The zero-order valence-electron chi connectivity index (χ0n) is 10.5. The molecule has 0 radical (unpaired) electrons. The predicted molar refractivity (Wildman–Crippen MR) is 65.7 cm³/mol. The van der Waals surface area contributed by atoms with Crippen molar-refractivity contribution in [2.45, 2.75) is 25.0 Å². The Morgan fingerprint density at radius 2 is 2.21 bits per heavy atom. The molecule has 0 bridgehead atoms. The Balaban J connectivity index is 1.90. The maximum absolute atomic E-state index is 11.0. The maximum atomic E-state index is 11.0. The molecule has 0 aromatic carbocycles. The number of nitrogens with zero attached hydrogens (tertiary/aromatic N) is 2. The van der Waals surface area contributed by atoms with Gasteiger partial charge in [0.05, 0.1) is 11.3 Å². The highest BCUT2D eigenvalue weighted by molar-refractivity contribution is 5.88. The molecule has 0 aliphatic carbocycles. The molecule has 1 saturated heterocycles. The summed E-state index contributed by atoms with van der Waals surface area (Å²) < 4.78 is 5.19. The number of aromatic nitrogens is 2. The van der Waals surface area contributed by atoms with Crippen molar-refractivity contribution in [2.75, 3.05) is 19.8 Å². The molecular formula is C12H17N3O4. The second-order valence-corrected chi connectivity index (χ2v) is 4.63. The van der Waals surface area contributed by atoms with Crippen LogP contribution in [0.5, 0.6) is 0 Å². The predicted octanol–water partition coefficient (Wildman–Crippen LogP) is -0.194. The van der Waals surface area contributed by atoms with Crippen molar-refractivity contribution >= 4 is 5.97 Å². The molecule has 104 valence electrons. The lowest BCUT2D eigenvalue weighted by atomic mass is 9.94. The highest BCUT2D eigenvalue weighted by Gasteiger charge is 2.29. The van der Waals surface area contributed by atoms with Gasteiger partial charge in [-0.2, -0.15) is 0 Å². The Labute approximate surface area is 110 Å². The van der Waals surface area contributed by atoms with Gasteiger partial charge >= 0.3 is 5.97 Å². The Kier molecular flexibility index (Phi) is 4.41. The molecule has 0 amide bonds. The summed E-state index contributed by atoms with van der Waals surface area (Å²) in [4.78, 5) is 18.6. The SMILES string of the molecule is O=C(O)c1cncnc1CNCC1(O)CCOCC1. The van der Waals surface area contributed by atoms with E-state index in [4.69, 9.17) is 9.84 Å². The van der Waals surface area contributed by atoms with Crippen molar-refractivity contribution in [2.24, 2.45) is 0 Å². The molecule has 0 saturated carbocycles. The van der Waals surface area contributed by atoms with E-state index in [0.717, 1.165) is 0 Å². The van der Waals surface area contributed by atoms with Crippen LogP contribution >= 0.6 is 0 Å². The maximum Gasteiger partial charge on any atom is 0.339 e. The van der Waals surface area contributed by atoms with Gasteiger partial charge in [0, 0.05) is 45.3 Å². The third-order valence-corrected chi connectivity index (χ3v) is 3.20. The molecule has 19 heavy (non-hydrogen) atoms. The normalized spacial score (nSPS) is 18.2. The summed E-state index contributed by atoms with van der Waals surface area (Å²) >= 11 is 0. The van der Waals surface area contributed by atoms with Crippen molar-refractivity contribution < 1.29 is 19.7 Å². The van der Waals surface area contributed by atoms with Gasteiger partial charge in [-0.1, -0.05) is 0 Å². The van der Waals surface area contributed by atoms with Gasteiger partial charge in [-0.15, -0.1) is 0 Å². The highest BCUT2D eigenvalue weighted by atomic mass is 16.5. The van der Waals surface area contributed by atoms with Gasteiger partial charge in [0.1, 0.15) is 11.9 Å². The number of rotatable bonds is 5. The summed E-state index contributed by atoms with van der Waals surface area (Å²) in [5, 5.41) is 22.3. The molecule has 2 heterocycles. The van der Waals surface area contributed by atoms with Crippen LogP contribution in [0.2, 0.25) is 0 Å². The number of ether oxygens (including phenoxy) is 1. The van der Waals surface area contributed by atoms with E-state index in [1.54, 1.807) is 0 Å². The molecule has 2 rings (SSSR count). The van der Waals surface area contributed by atoms with Crippen molar-refractivity contribution in [1.29, 1.82) is 0 Å². The van der Waals surface area contributed by atoms with Gasteiger partial charge in [-0.05, 0) is 0 Å². The summed E-state index contributed by atoms with van der Waals surface area (Å²) in [5.74, 6) is -1.05. The summed E-state index contributed by atoms with van der Waals surface area (Å²) in [6.45, 7) is 1.77. The monoisotopic (exact) mass is 267 g/mol. The number of carbonyl (C=O) groups is 1. The molecular weight excluding hydrogens is 250 g/mol. The first kappa shape index (κ1) is 13.9. The average molecular weight is 267 g/mol. The Bertz CT molecular complexity index is 446. The molecule has 7 nitrogen and oxygen atoms in total. The summed E-state index contributed by atoms with van der Waals surface area (Å²) in [6.07, 6.45) is 3.74. The fraction of sp³-hybridized carbons (Fsp3) is 0.583. The van der Waals surface area contributed by atoms with E-state index in [1.165, 1.54) is 12.5 Å². The van der Waals surface area contributed by atoms with Gasteiger partial charge in [-0.3, -0.25) is 0 Å². The van der Waals surface area contributed by atoms with Crippen LogP contribution in [-0.4, -0.2) is 51.5 Å². The lowest BCUT2D eigenvalue weighted by Gasteiger charge is -2.32. The fourth-order valence-electron chi connectivity index (χ4n) is 2.02. The quantitative estimate of drug-likeness (QED) is 0.679. The lowest BCUT2D eigenvalue weighted by Crippen LogP contribution is -2.45. The van der Waals surface area contributed by atoms with E-state index < -0.39 is 11.6 Å². The first-order chi connectivity index (χ1) is 9.11. The number of carboxylic acid groups (broad SMARTS) is 1. The minimum absolute atomic E-state index is 0.0777. The molecule has 7 heteroatoms. The number of carboxylic acids is 1. The summed E-state index contributed by atoms with van der Waals surface area (Å²) in [5.41, 5.74) is -0.290. The zero-order valence-corrected chi connectivity index (χ0v) is 10.5. The molecule has 0 spiro atoms. The van der Waals surface area contributed by atoms with Crippen LogP contribution in [0.4, 0.5) is 0 Å². The smallest absolute Gasteiger partial charge is 0.339 e. The van der Waals surface area contributed by atoms with Gasteiger partial charge in [0.15, 0.2) is 0 Å². The molecule has 1 aromatic rings. The summed E-state index contributed by atoms with van der Waals surface area (Å²) in [7, 11) is 0. The number of nitrogens with one attached hydrogen (secondary N) is 1. The van der Waals surface area contributed by atoms with E-state index in [9.17, 15) is 9.90 Å². The van der Waals surface area contributed by atoms with E-state index in [0.29, 0.717) is 38.3 Å². The molecule has 1 aliphatic rings. The Morgan fingerprint density at radius 3 is 2.89 bits per heavy atom. The van der Waals surface area contributed by atoms with Crippen LogP contribution in [0.25, 0.3) is 0 Å². The second kappa shape index (κ2) is 6.05. The van der Waals surface area contributed by atoms with Crippen LogP contribution in [-0.2, 0) is 11.3 Å². The number of aromatic carboxylic acids is 1. The van der Waals surface area contributed by atoms with Gasteiger partial charge < -0.3 is 20.3 Å². The third kappa shape index (κ3) is 3.69. The number of aliphatic hydroxyl groups is 1. The topological polar surface area (TPSA) is 105 Å².